The zero-order valence-electron chi connectivity index (χ0n) is 9.15. The number of allylic oxidation sites excluding steroid dienone is 4. The minimum Gasteiger partial charge on any atom is -0.193 e. The largest absolute Gasteiger partial charge is 0.193 e. The second kappa shape index (κ2) is 6.48. The van der Waals surface area contributed by atoms with Gasteiger partial charge in [-0.1, -0.05) is 25.8 Å². The zero-order chi connectivity index (χ0) is 10.3. The van der Waals surface area contributed by atoms with Crippen LogP contribution in [-0.2, 0) is 0 Å². The Balaban J connectivity index is 4.74. The monoisotopic (exact) mass is 177 g/mol. The summed E-state index contributed by atoms with van der Waals surface area (Å²) in [7, 11) is 0. The molecule has 1 heteroatoms. The smallest absolute Gasteiger partial charge is 0.0944 e. The van der Waals surface area contributed by atoms with Crippen LogP contribution in [-0.4, -0.2) is 0 Å². The van der Waals surface area contributed by atoms with Gasteiger partial charge >= 0.3 is 0 Å². The summed E-state index contributed by atoms with van der Waals surface area (Å²) in [6.07, 6.45) is 5.31. The average molecular weight is 177 g/mol. The highest BCUT2D eigenvalue weighted by Crippen LogP contribution is 2.16. The third-order valence-corrected chi connectivity index (χ3v) is 2.16. The van der Waals surface area contributed by atoms with Crippen LogP contribution in [0.25, 0.3) is 0 Å². The number of hydrogen-bond donors (Lipinski definition) is 0. The number of rotatable bonds is 4. The van der Waals surface area contributed by atoms with Gasteiger partial charge in [0, 0.05) is 5.57 Å². The molecule has 0 heterocycles. The molecule has 0 saturated carbocycles. The van der Waals surface area contributed by atoms with Crippen molar-refractivity contribution in [3.8, 4) is 6.07 Å². The quantitative estimate of drug-likeness (QED) is 0.470. The predicted octanol–water partition coefficient (Wildman–Crippen LogP) is 3.98. The van der Waals surface area contributed by atoms with E-state index in [-0.39, 0.29) is 0 Å². The summed E-state index contributed by atoms with van der Waals surface area (Å²) in [5.41, 5.74) is 3.54. The second-order valence-corrected chi connectivity index (χ2v) is 3.35. The maximum absolute atomic E-state index is 8.67. The van der Waals surface area contributed by atoms with Gasteiger partial charge in [0.25, 0.3) is 0 Å². The first-order chi connectivity index (χ1) is 6.15. The summed E-state index contributed by atoms with van der Waals surface area (Å²) >= 11 is 0. The van der Waals surface area contributed by atoms with Crippen molar-refractivity contribution in [2.24, 2.45) is 0 Å². The highest BCUT2D eigenvalue weighted by molar-refractivity contribution is 5.32. The maximum atomic E-state index is 8.67. The first kappa shape index (κ1) is 12.0. The van der Waals surface area contributed by atoms with Crippen molar-refractivity contribution in [2.75, 3.05) is 0 Å². The van der Waals surface area contributed by atoms with Crippen LogP contribution in [0.3, 0.4) is 0 Å². The van der Waals surface area contributed by atoms with Crippen LogP contribution in [0.15, 0.2) is 22.8 Å². The molecular formula is C12H19N. The summed E-state index contributed by atoms with van der Waals surface area (Å²) in [5, 5.41) is 8.67. The molecule has 72 valence electrons. The van der Waals surface area contributed by atoms with Crippen LogP contribution in [0, 0.1) is 11.3 Å². The fraction of sp³-hybridized carbons (Fsp3) is 0.583. The van der Waals surface area contributed by atoms with E-state index in [1.807, 2.05) is 13.0 Å². The Hall–Kier alpha value is -1.03. The molecule has 0 rings (SSSR count). The standard InChI is InChI=1S/C12H19N/c1-5-7-12(11(4)6-2)8-10(3)9-13/h8H,5-7H2,1-4H3/b10-8+,12-11+. The lowest BCUT2D eigenvalue weighted by Gasteiger charge is -2.05. The van der Waals surface area contributed by atoms with Crippen LogP contribution in [0.5, 0.6) is 0 Å². The Morgan fingerprint density at radius 3 is 2.31 bits per heavy atom. The van der Waals surface area contributed by atoms with E-state index in [1.165, 1.54) is 11.1 Å². The molecule has 0 aromatic carbocycles. The molecule has 0 fully saturated rings. The molecule has 0 saturated heterocycles. The number of nitrogens with zero attached hydrogens (tertiary/aromatic N) is 1. The first-order valence-corrected chi connectivity index (χ1v) is 4.92. The lowest BCUT2D eigenvalue weighted by Crippen LogP contribution is -1.86. The summed E-state index contributed by atoms with van der Waals surface area (Å²) in [5.74, 6) is 0. The van der Waals surface area contributed by atoms with Crippen LogP contribution in [0.1, 0.15) is 47.0 Å². The molecule has 0 unspecified atom stereocenters. The molecule has 1 nitrogen and oxygen atoms in total. The molecule has 0 aromatic rings. The molecule has 0 spiro atoms. The van der Waals surface area contributed by atoms with Crippen LogP contribution in [0.4, 0.5) is 0 Å². The Labute approximate surface area is 81.8 Å². The van der Waals surface area contributed by atoms with E-state index >= 15 is 0 Å². The van der Waals surface area contributed by atoms with Gasteiger partial charge in [-0.25, -0.2) is 0 Å². The third-order valence-electron chi connectivity index (χ3n) is 2.16. The summed E-state index contributed by atoms with van der Waals surface area (Å²) < 4.78 is 0. The summed E-state index contributed by atoms with van der Waals surface area (Å²) in [6, 6.07) is 2.16. The van der Waals surface area contributed by atoms with Crippen LogP contribution < -0.4 is 0 Å². The zero-order valence-corrected chi connectivity index (χ0v) is 9.15. The summed E-state index contributed by atoms with van der Waals surface area (Å²) in [4.78, 5) is 0. The van der Waals surface area contributed by atoms with Gasteiger partial charge in [-0.05, 0) is 38.3 Å². The van der Waals surface area contributed by atoms with Crippen LogP contribution in [0.2, 0.25) is 0 Å². The topological polar surface area (TPSA) is 23.8 Å². The van der Waals surface area contributed by atoms with E-state index in [1.54, 1.807) is 0 Å². The molecule has 0 amide bonds. The third kappa shape index (κ3) is 4.52. The Morgan fingerprint density at radius 1 is 1.31 bits per heavy atom. The van der Waals surface area contributed by atoms with Crippen molar-refractivity contribution in [3.63, 3.8) is 0 Å². The minimum atomic E-state index is 0.802. The molecule has 0 aliphatic carbocycles. The van der Waals surface area contributed by atoms with E-state index < -0.39 is 0 Å². The fourth-order valence-corrected chi connectivity index (χ4v) is 1.20. The van der Waals surface area contributed by atoms with Crippen molar-refractivity contribution >= 4 is 0 Å². The number of hydrogen-bond acceptors (Lipinski definition) is 1. The van der Waals surface area contributed by atoms with Crippen molar-refractivity contribution < 1.29 is 0 Å². The second-order valence-electron chi connectivity index (χ2n) is 3.35. The van der Waals surface area contributed by atoms with Crippen molar-refractivity contribution in [1.29, 1.82) is 5.26 Å². The van der Waals surface area contributed by atoms with Crippen LogP contribution >= 0.6 is 0 Å². The molecule has 0 bridgehead atoms. The van der Waals surface area contributed by atoms with Gasteiger partial charge in [0.1, 0.15) is 0 Å². The van der Waals surface area contributed by atoms with Gasteiger partial charge in [-0.2, -0.15) is 5.26 Å². The van der Waals surface area contributed by atoms with Gasteiger partial charge in [0.15, 0.2) is 0 Å². The Kier molecular flexibility index (Phi) is 5.97. The van der Waals surface area contributed by atoms with E-state index in [0.717, 1.165) is 24.8 Å². The lowest BCUT2D eigenvalue weighted by atomic mass is 10.0. The maximum Gasteiger partial charge on any atom is 0.0944 e. The highest BCUT2D eigenvalue weighted by atomic mass is 14.2. The van der Waals surface area contributed by atoms with E-state index in [9.17, 15) is 0 Å². The molecular weight excluding hydrogens is 158 g/mol. The van der Waals surface area contributed by atoms with Crippen molar-refractivity contribution in [3.05, 3.63) is 22.8 Å². The molecule has 0 aliphatic heterocycles. The Bertz CT molecular complexity index is 251. The van der Waals surface area contributed by atoms with Crippen molar-refractivity contribution in [1.82, 2.24) is 0 Å². The van der Waals surface area contributed by atoms with Gasteiger partial charge in [0.2, 0.25) is 0 Å². The predicted molar refractivity (Wildman–Crippen MR) is 57.3 cm³/mol. The van der Waals surface area contributed by atoms with Crippen molar-refractivity contribution in [2.45, 2.75) is 47.0 Å². The first-order valence-electron chi connectivity index (χ1n) is 4.92. The fourth-order valence-electron chi connectivity index (χ4n) is 1.20. The van der Waals surface area contributed by atoms with E-state index in [4.69, 9.17) is 5.26 Å². The van der Waals surface area contributed by atoms with E-state index in [0.29, 0.717) is 0 Å². The van der Waals surface area contributed by atoms with Gasteiger partial charge in [-0.15, -0.1) is 0 Å². The molecule has 0 aliphatic rings. The molecule has 0 radical (unpaired) electrons. The normalized spacial score (nSPS) is 13.6. The lowest BCUT2D eigenvalue weighted by molar-refractivity contribution is 0.895. The molecule has 0 N–H and O–H groups in total. The summed E-state index contributed by atoms with van der Waals surface area (Å²) in [6.45, 7) is 8.32. The van der Waals surface area contributed by atoms with Gasteiger partial charge in [0.05, 0.1) is 6.07 Å². The Morgan fingerprint density at radius 2 is 1.92 bits per heavy atom. The number of nitriles is 1. The average Bonchev–Trinajstić information content (AvgIpc) is 2.15. The molecule has 13 heavy (non-hydrogen) atoms. The van der Waals surface area contributed by atoms with E-state index in [2.05, 4.69) is 26.8 Å². The van der Waals surface area contributed by atoms with Gasteiger partial charge < -0.3 is 0 Å². The SMILES string of the molecule is CCCC(/C=C(\C)C#N)=C(/C)CC. The molecule has 0 atom stereocenters. The minimum absolute atomic E-state index is 0.802. The molecule has 0 aromatic heterocycles. The van der Waals surface area contributed by atoms with Gasteiger partial charge in [-0.3, -0.25) is 0 Å². The highest BCUT2D eigenvalue weighted by Gasteiger charge is 1.97.